The van der Waals surface area contributed by atoms with Gasteiger partial charge in [-0.05, 0) is 41.8 Å². The first kappa shape index (κ1) is 13.2. The third-order valence-corrected chi connectivity index (χ3v) is 4.66. The van der Waals surface area contributed by atoms with Gasteiger partial charge in [-0.25, -0.2) is 0 Å². The van der Waals surface area contributed by atoms with Crippen LogP contribution in [0, 0.1) is 0 Å². The van der Waals surface area contributed by atoms with Crippen LogP contribution in [0.5, 0.6) is 0 Å². The van der Waals surface area contributed by atoms with Gasteiger partial charge in [0.25, 0.3) is 0 Å². The molecule has 0 radical (unpaired) electrons. The van der Waals surface area contributed by atoms with E-state index in [1.54, 1.807) is 0 Å². The van der Waals surface area contributed by atoms with Gasteiger partial charge >= 0.3 is 0 Å². The van der Waals surface area contributed by atoms with Crippen LogP contribution in [0.1, 0.15) is 11.3 Å². The Morgan fingerprint density at radius 3 is 2.50 bits per heavy atom. The highest BCUT2D eigenvalue weighted by molar-refractivity contribution is 7.16. The van der Waals surface area contributed by atoms with Crippen LogP contribution in [0.2, 0.25) is 0 Å². The van der Waals surface area contributed by atoms with Gasteiger partial charge in [-0.2, -0.15) is 0 Å². The van der Waals surface area contributed by atoms with Crippen molar-refractivity contribution in [2.24, 2.45) is 5.73 Å². The van der Waals surface area contributed by atoms with Gasteiger partial charge in [0.05, 0.1) is 0 Å². The van der Waals surface area contributed by atoms with Crippen LogP contribution in [-0.4, -0.2) is 13.1 Å². The van der Waals surface area contributed by atoms with Gasteiger partial charge in [0.1, 0.15) is 0 Å². The van der Waals surface area contributed by atoms with Crippen molar-refractivity contribution in [3.05, 3.63) is 59.5 Å². The Morgan fingerprint density at radius 1 is 1.10 bits per heavy atom. The third kappa shape index (κ3) is 2.69. The summed E-state index contributed by atoms with van der Waals surface area (Å²) in [6.07, 6.45) is 7.37. The lowest BCUT2D eigenvalue weighted by Gasteiger charge is -2.10. The van der Waals surface area contributed by atoms with Crippen LogP contribution in [0.15, 0.2) is 54.6 Å². The summed E-state index contributed by atoms with van der Waals surface area (Å²) in [6, 6.07) is 13.1. The average molecular weight is 282 g/mol. The van der Waals surface area contributed by atoms with Crippen molar-refractivity contribution in [3.63, 3.8) is 0 Å². The van der Waals surface area contributed by atoms with Gasteiger partial charge in [-0.3, -0.25) is 0 Å². The number of benzene rings is 1. The maximum absolute atomic E-state index is 5.86. The van der Waals surface area contributed by atoms with E-state index in [2.05, 4.69) is 59.9 Å². The summed E-state index contributed by atoms with van der Waals surface area (Å²) < 4.78 is 0. The fraction of sp³-hybridized carbons (Fsp3) is 0.176. The van der Waals surface area contributed by atoms with Gasteiger partial charge < -0.3 is 11.1 Å². The van der Waals surface area contributed by atoms with Gasteiger partial charge in [-0.15, -0.1) is 11.3 Å². The van der Waals surface area contributed by atoms with Crippen molar-refractivity contribution >= 4 is 22.6 Å². The second kappa shape index (κ2) is 5.65. The second-order valence-electron chi connectivity index (χ2n) is 4.91. The minimum absolute atomic E-state index is 0.173. The molecule has 2 nitrogen and oxygen atoms in total. The molecule has 0 saturated carbocycles. The number of hydrogen-bond donors (Lipinski definition) is 2. The van der Waals surface area contributed by atoms with E-state index in [0.717, 1.165) is 12.1 Å². The van der Waals surface area contributed by atoms with Crippen LogP contribution in [0.25, 0.3) is 16.0 Å². The second-order valence-corrected chi connectivity index (χ2v) is 5.99. The summed E-state index contributed by atoms with van der Waals surface area (Å²) in [5.41, 5.74) is 9.55. The molecule has 1 aromatic heterocycles. The maximum atomic E-state index is 5.86. The topological polar surface area (TPSA) is 38.0 Å². The Labute approximate surface area is 123 Å². The van der Waals surface area contributed by atoms with Gasteiger partial charge in [0, 0.05) is 28.5 Å². The van der Waals surface area contributed by atoms with Gasteiger partial charge in [-0.1, -0.05) is 30.4 Å². The Bertz CT molecular complexity index is 650. The number of rotatable bonds is 3. The molecule has 20 heavy (non-hydrogen) atoms. The van der Waals surface area contributed by atoms with Gasteiger partial charge in [0.15, 0.2) is 0 Å². The molecule has 0 amide bonds. The number of anilines is 1. The summed E-state index contributed by atoms with van der Waals surface area (Å²) in [4.78, 5) is 2.60. The van der Waals surface area contributed by atoms with E-state index >= 15 is 0 Å². The Morgan fingerprint density at radius 2 is 1.85 bits per heavy atom. The van der Waals surface area contributed by atoms with E-state index in [1.807, 2.05) is 18.4 Å². The highest BCUT2D eigenvalue weighted by atomic mass is 32.1. The number of nitrogens with two attached hydrogens (primary N) is 1. The molecule has 0 aliphatic heterocycles. The van der Waals surface area contributed by atoms with Gasteiger partial charge in [0.2, 0.25) is 0 Å². The molecule has 1 atom stereocenters. The van der Waals surface area contributed by atoms with E-state index in [9.17, 15) is 0 Å². The van der Waals surface area contributed by atoms with E-state index < -0.39 is 0 Å². The van der Waals surface area contributed by atoms with Crippen molar-refractivity contribution in [1.82, 2.24) is 0 Å². The molecule has 0 spiro atoms. The fourth-order valence-electron chi connectivity index (χ4n) is 2.27. The first-order valence-corrected chi connectivity index (χ1v) is 7.60. The predicted molar refractivity (Wildman–Crippen MR) is 89.0 cm³/mol. The zero-order valence-electron chi connectivity index (χ0n) is 11.5. The lowest BCUT2D eigenvalue weighted by Crippen LogP contribution is -2.17. The normalized spacial score (nSPS) is 17.9. The summed E-state index contributed by atoms with van der Waals surface area (Å²) in [5.74, 6) is 0. The summed E-state index contributed by atoms with van der Waals surface area (Å²) >= 11 is 1.83. The molecule has 1 heterocycles. The first-order chi connectivity index (χ1) is 9.76. The number of thiophene rings is 1. The molecule has 1 aliphatic rings. The lowest BCUT2D eigenvalue weighted by molar-refractivity contribution is 0.828. The van der Waals surface area contributed by atoms with Crippen molar-refractivity contribution in [2.75, 3.05) is 12.4 Å². The molecule has 1 aliphatic carbocycles. The van der Waals surface area contributed by atoms with E-state index in [0.29, 0.717) is 0 Å². The number of hydrogen-bond acceptors (Lipinski definition) is 3. The molecule has 1 unspecified atom stereocenters. The quantitative estimate of drug-likeness (QED) is 0.888. The smallest absolute Gasteiger partial charge is 0.0349 e. The summed E-state index contributed by atoms with van der Waals surface area (Å²) in [7, 11) is 1.94. The minimum atomic E-state index is 0.173. The van der Waals surface area contributed by atoms with E-state index in [-0.39, 0.29) is 6.04 Å². The van der Waals surface area contributed by atoms with E-state index in [4.69, 9.17) is 5.73 Å². The van der Waals surface area contributed by atoms with Crippen molar-refractivity contribution < 1.29 is 0 Å². The first-order valence-electron chi connectivity index (χ1n) is 6.78. The molecule has 3 rings (SSSR count). The highest BCUT2D eigenvalue weighted by Gasteiger charge is 2.09. The molecule has 1 aromatic carbocycles. The SMILES string of the molecule is CNc1ccc(-c2ccc(C3=CCC(N)C=C3)s2)cc1. The van der Waals surface area contributed by atoms with Crippen LogP contribution in [0.4, 0.5) is 5.69 Å². The molecular formula is C17H18N2S. The zero-order chi connectivity index (χ0) is 13.9. The summed E-state index contributed by atoms with van der Waals surface area (Å²) in [5, 5.41) is 3.14. The Kier molecular flexibility index (Phi) is 3.72. The molecule has 3 heteroatoms. The maximum Gasteiger partial charge on any atom is 0.0349 e. The number of allylic oxidation sites excluding steroid dienone is 2. The summed E-state index contributed by atoms with van der Waals surface area (Å²) in [6.45, 7) is 0. The van der Waals surface area contributed by atoms with Crippen molar-refractivity contribution in [2.45, 2.75) is 12.5 Å². The van der Waals surface area contributed by atoms with Crippen LogP contribution >= 0.6 is 11.3 Å². The highest BCUT2D eigenvalue weighted by Crippen LogP contribution is 2.34. The molecule has 2 aromatic rings. The standard InChI is InChI=1S/C17H18N2S/c1-19-15-8-4-13(5-9-15)17-11-10-16(20-17)12-2-6-14(18)7-3-12/h2-6,8-11,14,19H,7,18H2,1H3. The van der Waals surface area contributed by atoms with Crippen molar-refractivity contribution in [1.29, 1.82) is 0 Å². The average Bonchev–Trinajstić information content (AvgIpc) is 2.98. The molecule has 0 bridgehead atoms. The predicted octanol–water partition coefficient (Wildman–Crippen LogP) is 4.13. The Hall–Kier alpha value is -1.84. The monoisotopic (exact) mass is 282 g/mol. The molecule has 0 saturated heterocycles. The van der Waals surface area contributed by atoms with Crippen molar-refractivity contribution in [3.8, 4) is 10.4 Å². The molecule has 3 N–H and O–H groups in total. The number of nitrogens with one attached hydrogen (secondary N) is 1. The largest absolute Gasteiger partial charge is 0.388 e. The Balaban J connectivity index is 1.84. The zero-order valence-corrected chi connectivity index (χ0v) is 12.3. The fourth-order valence-corrected chi connectivity index (χ4v) is 3.30. The third-order valence-electron chi connectivity index (χ3n) is 3.48. The van der Waals surface area contributed by atoms with Crippen LogP contribution in [0.3, 0.4) is 0 Å². The minimum Gasteiger partial charge on any atom is -0.388 e. The van der Waals surface area contributed by atoms with E-state index in [1.165, 1.54) is 20.9 Å². The lowest BCUT2D eigenvalue weighted by atomic mass is 10.0. The van der Waals surface area contributed by atoms with Crippen LogP contribution < -0.4 is 11.1 Å². The van der Waals surface area contributed by atoms with Crippen LogP contribution in [-0.2, 0) is 0 Å². The molecular weight excluding hydrogens is 264 g/mol. The molecule has 102 valence electrons. The molecule has 0 fully saturated rings.